The summed E-state index contributed by atoms with van der Waals surface area (Å²) in [6, 6.07) is 7.58. The van der Waals surface area contributed by atoms with E-state index in [9.17, 15) is 0 Å². The van der Waals surface area contributed by atoms with Gasteiger partial charge in [-0.3, -0.25) is 4.99 Å². The van der Waals surface area contributed by atoms with E-state index in [1.54, 1.807) is 7.11 Å². The molecule has 106 valence electrons. The molecule has 4 nitrogen and oxygen atoms in total. The van der Waals surface area contributed by atoms with Crippen molar-refractivity contribution < 1.29 is 4.74 Å². The number of hydrogen-bond acceptors (Lipinski definition) is 2. The van der Waals surface area contributed by atoms with Crippen molar-refractivity contribution in [2.45, 2.75) is 20.0 Å². The van der Waals surface area contributed by atoms with Crippen molar-refractivity contribution in [3.8, 4) is 0 Å². The van der Waals surface area contributed by atoms with Crippen molar-refractivity contribution >= 4 is 17.6 Å². The van der Waals surface area contributed by atoms with E-state index in [4.69, 9.17) is 22.1 Å². The van der Waals surface area contributed by atoms with Gasteiger partial charge in [0, 0.05) is 25.2 Å². The average Bonchev–Trinajstić information content (AvgIpc) is 2.42. The van der Waals surface area contributed by atoms with Crippen LogP contribution in [0.15, 0.2) is 29.3 Å². The number of hydrogen-bond donors (Lipinski definition) is 1. The number of ether oxygens (including phenoxy) is 1. The van der Waals surface area contributed by atoms with E-state index >= 15 is 0 Å². The van der Waals surface area contributed by atoms with Gasteiger partial charge in [0.05, 0.1) is 6.54 Å². The molecule has 0 aliphatic rings. The number of aliphatic imine (C=N–C) groups is 1. The maximum absolute atomic E-state index is 5.94. The van der Waals surface area contributed by atoms with Crippen LogP contribution < -0.4 is 5.73 Å². The van der Waals surface area contributed by atoms with Crippen molar-refractivity contribution in [1.29, 1.82) is 0 Å². The lowest BCUT2D eigenvalue weighted by atomic mass is 10.1. The van der Waals surface area contributed by atoms with Crippen molar-refractivity contribution in [2.24, 2.45) is 10.7 Å². The predicted octanol–water partition coefficient (Wildman–Crippen LogP) is 2.68. The van der Waals surface area contributed by atoms with Gasteiger partial charge >= 0.3 is 0 Å². The second kappa shape index (κ2) is 8.02. The summed E-state index contributed by atoms with van der Waals surface area (Å²) in [6.07, 6.45) is -0.105. The summed E-state index contributed by atoms with van der Waals surface area (Å²) in [7, 11) is 1.67. The molecule has 0 aliphatic carbocycles. The fourth-order valence-corrected chi connectivity index (χ4v) is 1.94. The van der Waals surface area contributed by atoms with E-state index in [2.05, 4.69) is 18.8 Å². The number of nitrogens with two attached hydrogens (primary N) is 1. The Hall–Kier alpha value is -1.26. The predicted molar refractivity (Wildman–Crippen MR) is 80.6 cm³/mol. The highest BCUT2D eigenvalue weighted by atomic mass is 35.5. The minimum Gasteiger partial charge on any atom is -0.375 e. The Bertz CT molecular complexity index is 402. The Morgan fingerprint density at radius 3 is 2.37 bits per heavy atom. The molecule has 0 amide bonds. The van der Waals surface area contributed by atoms with E-state index in [1.807, 2.05) is 29.2 Å². The minimum atomic E-state index is -0.105. The molecule has 0 radical (unpaired) electrons. The zero-order valence-corrected chi connectivity index (χ0v) is 12.5. The molecular weight excluding hydrogens is 262 g/mol. The van der Waals surface area contributed by atoms with Crippen LogP contribution in [0.5, 0.6) is 0 Å². The van der Waals surface area contributed by atoms with Gasteiger partial charge in [-0.2, -0.15) is 0 Å². The van der Waals surface area contributed by atoms with E-state index < -0.39 is 0 Å². The number of methoxy groups -OCH3 is 1. The molecule has 2 N–H and O–H groups in total. The quantitative estimate of drug-likeness (QED) is 0.645. The molecule has 1 atom stereocenters. The summed E-state index contributed by atoms with van der Waals surface area (Å²) in [5.74, 6) is 0.556. The van der Waals surface area contributed by atoms with Crippen LogP contribution in [0.2, 0.25) is 5.02 Å². The van der Waals surface area contributed by atoms with Gasteiger partial charge in [0.25, 0.3) is 0 Å². The Labute approximate surface area is 120 Å². The Morgan fingerprint density at radius 2 is 1.89 bits per heavy atom. The molecule has 0 saturated heterocycles. The van der Waals surface area contributed by atoms with Crippen LogP contribution in [0.4, 0.5) is 0 Å². The van der Waals surface area contributed by atoms with Crippen LogP contribution in [0.25, 0.3) is 0 Å². The third kappa shape index (κ3) is 4.73. The lowest BCUT2D eigenvalue weighted by molar-refractivity contribution is 0.110. The number of benzene rings is 1. The molecule has 0 heterocycles. The van der Waals surface area contributed by atoms with Gasteiger partial charge in [-0.1, -0.05) is 23.7 Å². The van der Waals surface area contributed by atoms with Crippen molar-refractivity contribution in [3.63, 3.8) is 0 Å². The standard InChI is InChI=1S/C14H22ClN3O/c1-4-18(5-2)14(16)17-10-13(19-3)11-6-8-12(15)9-7-11/h6-9,13H,4-5,10H2,1-3H3,(H2,16,17). The number of nitrogens with zero attached hydrogens (tertiary/aromatic N) is 2. The number of guanidine groups is 1. The first-order chi connectivity index (χ1) is 9.12. The van der Waals surface area contributed by atoms with Crippen LogP contribution in [0.3, 0.4) is 0 Å². The number of rotatable bonds is 6. The minimum absolute atomic E-state index is 0.105. The molecule has 5 heteroatoms. The highest BCUT2D eigenvalue weighted by Crippen LogP contribution is 2.19. The molecule has 0 aliphatic heterocycles. The van der Waals surface area contributed by atoms with E-state index in [-0.39, 0.29) is 6.10 Å². The SMILES string of the molecule is CCN(CC)C(N)=NCC(OC)c1ccc(Cl)cc1. The van der Waals surface area contributed by atoms with Crippen LogP contribution in [-0.2, 0) is 4.74 Å². The third-order valence-corrected chi connectivity index (χ3v) is 3.28. The van der Waals surface area contributed by atoms with Crippen LogP contribution in [0.1, 0.15) is 25.5 Å². The Balaban J connectivity index is 2.72. The van der Waals surface area contributed by atoms with Gasteiger partial charge in [0.15, 0.2) is 5.96 Å². The molecule has 0 spiro atoms. The first kappa shape index (κ1) is 15.8. The monoisotopic (exact) mass is 283 g/mol. The summed E-state index contributed by atoms with van der Waals surface area (Å²) in [5.41, 5.74) is 6.99. The topological polar surface area (TPSA) is 50.8 Å². The highest BCUT2D eigenvalue weighted by Gasteiger charge is 2.11. The van der Waals surface area contributed by atoms with Crippen molar-refractivity contribution in [3.05, 3.63) is 34.9 Å². The largest absolute Gasteiger partial charge is 0.375 e. The van der Waals surface area contributed by atoms with Crippen molar-refractivity contribution in [1.82, 2.24) is 4.90 Å². The van der Waals surface area contributed by atoms with Gasteiger partial charge in [-0.25, -0.2) is 0 Å². The highest BCUT2D eigenvalue weighted by molar-refractivity contribution is 6.30. The Kier molecular flexibility index (Phi) is 6.67. The molecule has 1 unspecified atom stereocenters. The van der Waals surface area contributed by atoms with Gasteiger partial charge in [0.1, 0.15) is 6.10 Å². The molecule has 0 fully saturated rings. The summed E-state index contributed by atoms with van der Waals surface area (Å²) >= 11 is 5.87. The lowest BCUT2D eigenvalue weighted by Gasteiger charge is -2.20. The molecule has 0 saturated carbocycles. The zero-order valence-electron chi connectivity index (χ0n) is 11.8. The number of halogens is 1. The van der Waals surface area contributed by atoms with Crippen molar-refractivity contribution in [2.75, 3.05) is 26.7 Å². The first-order valence-corrected chi connectivity index (χ1v) is 6.83. The average molecular weight is 284 g/mol. The second-order valence-electron chi connectivity index (χ2n) is 4.15. The normalized spacial score (nSPS) is 13.4. The summed E-state index contributed by atoms with van der Waals surface area (Å²) < 4.78 is 5.45. The molecule has 0 aromatic heterocycles. The summed E-state index contributed by atoms with van der Waals surface area (Å²) in [4.78, 5) is 6.41. The van der Waals surface area contributed by atoms with Gasteiger partial charge < -0.3 is 15.4 Å². The first-order valence-electron chi connectivity index (χ1n) is 6.45. The zero-order chi connectivity index (χ0) is 14.3. The third-order valence-electron chi connectivity index (χ3n) is 3.03. The maximum atomic E-state index is 5.94. The van der Waals surface area contributed by atoms with Crippen LogP contribution >= 0.6 is 11.6 Å². The summed E-state index contributed by atoms with van der Waals surface area (Å²) in [6.45, 7) is 6.31. The molecule has 19 heavy (non-hydrogen) atoms. The molecule has 1 aromatic rings. The van der Waals surface area contributed by atoms with Crippen LogP contribution in [-0.4, -0.2) is 37.6 Å². The molecule has 1 rings (SSSR count). The fraction of sp³-hybridized carbons (Fsp3) is 0.500. The van der Waals surface area contributed by atoms with Gasteiger partial charge in [0.2, 0.25) is 0 Å². The smallest absolute Gasteiger partial charge is 0.191 e. The second-order valence-corrected chi connectivity index (χ2v) is 4.58. The lowest BCUT2D eigenvalue weighted by Crippen LogP contribution is -2.37. The molecular formula is C14H22ClN3O. The maximum Gasteiger partial charge on any atom is 0.191 e. The van der Waals surface area contributed by atoms with Crippen LogP contribution in [0, 0.1) is 0 Å². The fourth-order valence-electron chi connectivity index (χ4n) is 1.82. The molecule has 1 aromatic carbocycles. The van der Waals surface area contributed by atoms with Gasteiger partial charge in [-0.05, 0) is 31.5 Å². The Morgan fingerprint density at radius 1 is 1.32 bits per heavy atom. The van der Waals surface area contributed by atoms with Gasteiger partial charge in [-0.15, -0.1) is 0 Å². The summed E-state index contributed by atoms with van der Waals surface area (Å²) in [5, 5.41) is 0.713. The van der Waals surface area contributed by atoms with E-state index in [0.29, 0.717) is 17.5 Å². The molecule has 0 bridgehead atoms. The van der Waals surface area contributed by atoms with E-state index in [1.165, 1.54) is 0 Å². The van der Waals surface area contributed by atoms with E-state index in [0.717, 1.165) is 18.7 Å².